The molecule has 0 aliphatic heterocycles. The third-order valence-corrected chi connectivity index (χ3v) is 5.05. The summed E-state index contributed by atoms with van der Waals surface area (Å²) in [7, 11) is 0. The summed E-state index contributed by atoms with van der Waals surface area (Å²) in [6.07, 6.45) is 4.49. The largest absolute Gasteiger partial charge is 0.352 e. The first-order chi connectivity index (χ1) is 12.3. The molecule has 1 aromatic heterocycles. The number of hydrogen-bond donors (Lipinski definition) is 2. The SMILES string of the molecule is CC(C)(C)c1ccc(C(=O)NCCc2nc(C3(N)CCCC3)no2)cc1.Cl. The lowest BCUT2D eigenvalue weighted by molar-refractivity contribution is 0.0953. The molecule has 2 aromatic rings. The van der Waals surface area contributed by atoms with Gasteiger partial charge >= 0.3 is 0 Å². The highest BCUT2D eigenvalue weighted by Crippen LogP contribution is 2.34. The highest BCUT2D eigenvalue weighted by atomic mass is 35.5. The van der Waals surface area contributed by atoms with Gasteiger partial charge in [0.25, 0.3) is 5.91 Å². The fraction of sp³-hybridized carbons (Fsp3) is 0.550. The quantitative estimate of drug-likeness (QED) is 0.812. The molecule has 1 aliphatic rings. The Morgan fingerprint density at radius 1 is 1.22 bits per heavy atom. The average Bonchev–Trinajstić information content (AvgIpc) is 3.24. The Bertz CT molecular complexity index is 759. The minimum absolute atomic E-state index is 0. The van der Waals surface area contributed by atoms with Crippen molar-refractivity contribution in [1.29, 1.82) is 0 Å². The maximum Gasteiger partial charge on any atom is 0.251 e. The lowest BCUT2D eigenvalue weighted by Crippen LogP contribution is -2.34. The molecule has 0 spiro atoms. The van der Waals surface area contributed by atoms with E-state index < -0.39 is 5.54 Å². The van der Waals surface area contributed by atoms with Gasteiger partial charge in [0, 0.05) is 18.5 Å². The summed E-state index contributed by atoms with van der Waals surface area (Å²) in [6, 6.07) is 7.72. The van der Waals surface area contributed by atoms with Gasteiger partial charge in [-0.2, -0.15) is 4.98 Å². The van der Waals surface area contributed by atoms with Crippen molar-refractivity contribution in [1.82, 2.24) is 15.5 Å². The summed E-state index contributed by atoms with van der Waals surface area (Å²) in [5.74, 6) is 1.01. The first-order valence-corrected chi connectivity index (χ1v) is 9.29. The van der Waals surface area contributed by atoms with Crippen molar-refractivity contribution in [2.75, 3.05) is 6.54 Å². The van der Waals surface area contributed by atoms with E-state index in [0.29, 0.717) is 30.2 Å². The second kappa shape index (κ2) is 8.40. The lowest BCUT2D eigenvalue weighted by Gasteiger charge is -2.19. The Morgan fingerprint density at radius 3 is 2.44 bits per heavy atom. The normalized spacial score (nSPS) is 16.0. The molecular weight excluding hydrogens is 364 g/mol. The molecule has 1 amide bonds. The van der Waals surface area contributed by atoms with E-state index in [1.165, 1.54) is 5.56 Å². The highest BCUT2D eigenvalue weighted by molar-refractivity contribution is 5.94. The molecule has 0 radical (unpaired) electrons. The van der Waals surface area contributed by atoms with Crippen LogP contribution in [0.4, 0.5) is 0 Å². The van der Waals surface area contributed by atoms with E-state index in [1.807, 2.05) is 24.3 Å². The van der Waals surface area contributed by atoms with E-state index in [0.717, 1.165) is 25.7 Å². The van der Waals surface area contributed by atoms with Crippen molar-refractivity contribution >= 4 is 18.3 Å². The van der Waals surface area contributed by atoms with Gasteiger partial charge in [-0.3, -0.25) is 4.79 Å². The number of rotatable bonds is 5. The number of nitrogens with zero attached hydrogens (tertiary/aromatic N) is 2. The third kappa shape index (κ3) is 5.08. The van der Waals surface area contributed by atoms with Gasteiger partial charge in [-0.15, -0.1) is 12.4 Å². The summed E-state index contributed by atoms with van der Waals surface area (Å²) in [5.41, 5.74) is 7.82. The van der Waals surface area contributed by atoms with Crippen LogP contribution in [0.25, 0.3) is 0 Å². The van der Waals surface area contributed by atoms with Crippen LogP contribution in [0.5, 0.6) is 0 Å². The third-order valence-electron chi connectivity index (χ3n) is 5.05. The molecule has 1 aromatic carbocycles. The van der Waals surface area contributed by atoms with Crippen LogP contribution in [0.3, 0.4) is 0 Å². The zero-order valence-electron chi connectivity index (χ0n) is 16.2. The molecule has 0 unspecified atom stereocenters. The zero-order chi connectivity index (χ0) is 18.8. The monoisotopic (exact) mass is 392 g/mol. The van der Waals surface area contributed by atoms with Crippen molar-refractivity contribution in [3.8, 4) is 0 Å². The minimum atomic E-state index is -0.445. The first-order valence-electron chi connectivity index (χ1n) is 9.29. The predicted molar refractivity (Wildman–Crippen MR) is 107 cm³/mol. The van der Waals surface area contributed by atoms with Crippen molar-refractivity contribution < 1.29 is 9.32 Å². The molecule has 0 atom stereocenters. The van der Waals surface area contributed by atoms with Crippen LogP contribution < -0.4 is 11.1 Å². The lowest BCUT2D eigenvalue weighted by atomic mass is 9.87. The molecule has 7 heteroatoms. The number of hydrogen-bond acceptors (Lipinski definition) is 5. The summed E-state index contributed by atoms with van der Waals surface area (Å²) in [4.78, 5) is 16.7. The van der Waals surface area contributed by atoms with E-state index in [2.05, 4.69) is 36.2 Å². The van der Waals surface area contributed by atoms with Crippen LogP contribution in [0, 0.1) is 0 Å². The van der Waals surface area contributed by atoms with Gasteiger partial charge in [-0.05, 0) is 36.0 Å². The van der Waals surface area contributed by atoms with E-state index in [1.54, 1.807) is 0 Å². The number of nitrogens with one attached hydrogen (secondary N) is 1. The Morgan fingerprint density at radius 2 is 1.85 bits per heavy atom. The molecule has 148 valence electrons. The Labute approximate surface area is 166 Å². The molecule has 0 bridgehead atoms. The summed E-state index contributed by atoms with van der Waals surface area (Å²) in [5, 5.41) is 6.93. The van der Waals surface area contributed by atoms with Crippen LogP contribution in [-0.4, -0.2) is 22.6 Å². The zero-order valence-corrected chi connectivity index (χ0v) is 17.1. The standard InChI is InChI=1S/C20H28N4O2.ClH/c1-19(2,3)15-8-6-14(7-9-15)17(25)22-13-10-16-23-18(24-26-16)20(21)11-4-5-12-20;/h6-9H,4-5,10-13,21H2,1-3H3,(H,22,25);1H. The molecule has 1 heterocycles. The number of amides is 1. The van der Waals surface area contributed by atoms with Gasteiger partial charge < -0.3 is 15.6 Å². The summed E-state index contributed by atoms with van der Waals surface area (Å²) >= 11 is 0. The topological polar surface area (TPSA) is 94.0 Å². The summed E-state index contributed by atoms with van der Waals surface area (Å²) in [6.45, 7) is 6.90. The van der Waals surface area contributed by atoms with E-state index in [-0.39, 0.29) is 23.7 Å². The van der Waals surface area contributed by atoms with Gasteiger partial charge in [-0.25, -0.2) is 0 Å². The van der Waals surface area contributed by atoms with Gasteiger partial charge in [-0.1, -0.05) is 50.9 Å². The fourth-order valence-electron chi connectivity index (χ4n) is 3.29. The molecule has 6 nitrogen and oxygen atoms in total. The van der Waals surface area contributed by atoms with Crippen LogP contribution in [-0.2, 0) is 17.4 Å². The molecular formula is C20H29ClN4O2. The maximum absolute atomic E-state index is 12.3. The highest BCUT2D eigenvalue weighted by Gasteiger charge is 2.35. The molecule has 1 fully saturated rings. The van der Waals surface area contributed by atoms with Crippen molar-refractivity contribution in [2.24, 2.45) is 5.73 Å². The van der Waals surface area contributed by atoms with Crippen molar-refractivity contribution in [3.63, 3.8) is 0 Å². The molecule has 27 heavy (non-hydrogen) atoms. The van der Waals surface area contributed by atoms with Gasteiger partial charge in [0.1, 0.15) is 0 Å². The number of carbonyl (C=O) groups is 1. The van der Waals surface area contributed by atoms with Crippen LogP contribution in [0.1, 0.15) is 74.1 Å². The van der Waals surface area contributed by atoms with Crippen molar-refractivity contribution in [2.45, 2.75) is 63.8 Å². The second-order valence-corrected chi connectivity index (χ2v) is 8.21. The number of nitrogens with two attached hydrogens (primary N) is 1. The second-order valence-electron chi connectivity index (χ2n) is 8.21. The maximum atomic E-state index is 12.3. The fourth-order valence-corrected chi connectivity index (χ4v) is 3.29. The van der Waals surface area contributed by atoms with E-state index >= 15 is 0 Å². The van der Waals surface area contributed by atoms with Gasteiger partial charge in [0.05, 0.1) is 5.54 Å². The smallest absolute Gasteiger partial charge is 0.251 e. The molecule has 1 saturated carbocycles. The average molecular weight is 393 g/mol. The Kier molecular flexibility index (Phi) is 6.65. The number of benzene rings is 1. The minimum Gasteiger partial charge on any atom is -0.352 e. The summed E-state index contributed by atoms with van der Waals surface area (Å²) < 4.78 is 5.29. The van der Waals surface area contributed by atoms with Crippen molar-refractivity contribution in [3.05, 3.63) is 47.1 Å². The van der Waals surface area contributed by atoms with Crippen LogP contribution in [0.15, 0.2) is 28.8 Å². The predicted octanol–water partition coefficient (Wildman–Crippen LogP) is 3.49. The number of halogens is 1. The molecule has 1 aliphatic carbocycles. The van der Waals surface area contributed by atoms with Gasteiger partial charge in [0.2, 0.25) is 5.89 Å². The number of aromatic nitrogens is 2. The molecule has 3 N–H and O–H groups in total. The first kappa shape index (κ1) is 21.4. The van der Waals surface area contributed by atoms with E-state index in [4.69, 9.17) is 10.3 Å². The van der Waals surface area contributed by atoms with Gasteiger partial charge in [0.15, 0.2) is 5.82 Å². The number of carbonyl (C=O) groups excluding carboxylic acids is 1. The van der Waals surface area contributed by atoms with E-state index in [9.17, 15) is 4.79 Å². The van der Waals surface area contributed by atoms with Crippen LogP contribution in [0.2, 0.25) is 0 Å². The Balaban J connectivity index is 0.00000261. The Hall–Kier alpha value is -1.92. The molecule has 0 saturated heterocycles. The van der Waals surface area contributed by atoms with Crippen LogP contribution >= 0.6 is 12.4 Å². The molecule has 3 rings (SSSR count).